The first-order valence-electron chi connectivity index (χ1n) is 23.7. The van der Waals surface area contributed by atoms with Crippen molar-refractivity contribution in [2.75, 3.05) is 65.3 Å². The first-order valence-corrected chi connectivity index (χ1v) is 24.5. The molecule has 0 bridgehead atoms. The highest BCUT2D eigenvalue weighted by Crippen LogP contribution is 2.43. The number of rotatable bonds is 3. The number of carbonyl (C=O) groups is 1. The Morgan fingerprint density at radius 2 is 1.03 bits per heavy atom. The van der Waals surface area contributed by atoms with Gasteiger partial charge in [-0.2, -0.15) is 0 Å². The number of allylic oxidation sites excluding steroid dienone is 1. The predicted octanol–water partition coefficient (Wildman–Crippen LogP) is 9.26. The van der Waals surface area contributed by atoms with E-state index in [9.17, 15) is 4.79 Å². The Hall–Kier alpha value is -2.66. The molecular weight excluding hydrogens is 895 g/mol. The monoisotopic (exact) mass is 978 g/mol. The standard InChI is InChI=1S/C13H18N2.C12H24B2O4.C12H22BNO2.C7H8BrN.C6H11NO/c1-10-7-12(9-13(14)8-10)11-3-5-15(2)6-4-11;1-9(2)10(3,4)16-13(15-9)14-17-11(5,6)12(7,8)18-14;1-11(2)12(3,4)16-13(15-11)10-6-8-14(5)9-7-10;1-5-2-6(8)4-7(9)3-5;1-7-4-2-6(8)3-5-7/h3,5,7-9,11H,4,6,14H2,1-2H3;1-8H3;6H,7-9H2,1-5H3;2-4H,9H2,1H3;2-5H2,1H3. The number of piperidine rings is 1. The van der Waals surface area contributed by atoms with Crippen LogP contribution in [0.5, 0.6) is 0 Å². The van der Waals surface area contributed by atoms with Crippen LogP contribution in [0, 0.1) is 13.8 Å². The number of carbonyl (C=O) groups excluding carboxylic acids is 1. The van der Waals surface area contributed by atoms with E-state index in [0.29, 0.717) is 11.7 Å². The highest BCUT2D eigenvalue weighted by atomic mass is 79.9. The molecule has 2 aromatic carbocycles. The van der Waals surface area contributed by atoms with Crippen LogP contribution in [0.3, 0.4) is 0 Å². The van der Waals surface area contributed by atoms with Crippen molar-refractivity contribution in [2.24, 2.45) is 0 Å². The molecule has 4 saturated heterocycles. The number of benzene rings is 2. The summed E-state index contributed by atoms with van der Waals surface area (Å²) >= 11 is 3.33. The second-order valence-corrected chi connectivity index (χ2v) is 22.8. The topological polar surface area (TPSA) is 134 Å². The Labute approximate surface area is 408 Å². The fourth-order valence-corrected chi connectivity index (χ4v) is 8.35. The number of nitrogens with two attached hydrogens (primary N) is 2. The van der Waals surface area contributed by atoms with Crippen molar-refractivity contribution in [1.82, 2.24) is 14.7 Å². The lowest BCUT2D eigenvalue weighted by atomic mass is 9.49. The zero-order valence-corrected chi connectivity index (χ0v) is 45.2. The van der Waals surface area contributed by atoms with Gasteiger partial charge in [0.25, 0.3) is 0 Å². The molecule has 0 saturated carbocycles. The highest BCUT2D eigenvalue weighted by Gasteiger charge is 2.63. The molecule has 1 atom stereocenters. The van der Waals surface area contributed by atoms with Gasteiger partial charge >= 0.3 is 21.1 Å². The zero-order chi connectivity index (χ0) is 49.6. The van der Waals surface area contributed by atoms with Gasteiger partial charge in [0.15, 0.2) is 0 Å². The van der Waals surface area contributed by atoms with E-state index >= 15 is 0 Å². The Bertz CT molecular complexity index is 1850. The Balaban J connectivity index is 0.000000186. The number of Topliss-reactive ketones (excluding diaryl/α,β-unsaturated/α-hetero) is 1. The largest absolute Gasteiger partial charge is 0.490 e. The van der Waals surface area contributed by atoms with E-state index in [2.05, 4.69) is 110 Å². The summed E-state index contributed by atoms with van der Waals surface area (Å²) in [7, 11) is 5.20. The van der Waals surface area contributed by atoms with Gasteiger partial charge in [0.1, 0.15) is 5.78 Å². The molecule has 366 valence electrons. The molecule has 8 rings (SSSR count). The van der Waals surface area contributed by atoms with E-state index in [0.717, 1.165) is 67.8 Å². The molecule has 0 spiro atoms. The van der Waals surface area contributed by atoms with E-state index in [1.807, 2.05) is 93.6 Å². The second kappa shape index (κ2) is 22.4. The van der Waals surface area contributed by atoms with Crippen LogP contribution >= 0.6 is 15.9 Å². The van der Waals surface area contributed by atoms with Crippen LogP contribution in [0.4, 0.5) is 11.4 Å². The summed E-state index contributed by atoms with van der Waals surface area (Å²) in [6.07, 6.45) is 10.4. The number of ketones is 1. The van der Waals surface area contributed by atoms with Crippen LogP contribution < -0.4 is 11.5 Å². The molecule has 66 heavy (non-hydrogen) atoms. The van der Waals surface area contributed by atoms with E-state index in [1.54, 1.807) is 0 Å². The van der Waals surface area contributed by atoms with E-state index in [4.69, 9.17) is 39.4 Å². The molecule has 6 aliphatic heterocycles. The van der Waals surface area contributed by atoms with Gasteiger partial charge in [-0.15, -0.1) is 0 Å². The van der Waals surface area contributed by atoms with Crippen molar-refractivity contribution < 1.29 is 32.7 Å². The van der Waals surface area contributed by atoms with E-state index in [1.165, 1.54) is 28.6 Å². The third kappa shape index (κ3) is 15.4. The molecule has 4 N–H and O–H groups in total. The smallest absolute Gasteiger partial charge is 0.405 e. The lowest BCUT2D eigenvalue weighted by Gasteiger charge is -2.32. The third-order valence-corrected chi connectivity index (χ3v) is 14.8. The average Bonchev–Trinajstić information content (AvgIpc) is 3.66. The molecule has 2 aromatic rings. The van der Waals surface area contributed by atoms with Crippen molar-refractivity contribution in [3.8, 4) is 0 Å². The summed E-state index contributed by atoms with van der Waals surface area (Å²) in [6, 6.07) is 12.2. The molecule has 0 aromatic heterocycles. The molecule has 6 aliphatic rings. The Morgan fingerprint density at radius 1 is 0.591 bits per heavy atom. The number of anilines is 2. The van der Waals surface area contributed by atoms with Crippen molar-refractivity contribution >= 4 is 54.2 Å². The summed E-state index contributed by atoms with van der Waals surface area (Å²) in [5.41, 5.74) is 16.3. The van der Waals surface area contributed by atoms with Crippen molar-refractivity contribution in [1.29, 1.82) is 0 Å². The first kappa shape index (κ1) is 55.9. The third-order valence-electron chi connectivity index (χ3n) is 14.3. The maximum Gasteiger partial charge on any atom is 0.490 e. The number of aryl methyl sites for hydroxylation is 2. The summed E-state index contributed by atoms with van der Waals surface area (Å²) in [6.45, 7) is 33.8. The van der Waals surface area contributed by atoms with Crippen LogP contribution in [-0.2, 0) is 32.7 Å². The van der Waals surface area contributed by atoms with Gasteiger partial charge in [-0.25, -0.2) is 0 Å². The average molecular weight is 979 g/mol. The van der Waals surface area contributed by atoms with Gasteiger partial charge in [-0.05, 0) is 183 Å². The van der Waals surface area contributed by atoms with Gasteiger partial charge in [0.2, 0.25) is 0 Å². The fraction of sp³-hybridized carbons (Fsp3) is 0.660. The van der Waals surface area contributed by atoms with Gasteiger partial charge < -0.3 is 54.1 Å². The first-order chi connectivity index (χ1) is 30.3. The molecule has 4 fully saturated rings. The fourth-order valence-electron chi connectivity index (χ4n) is 7.73. The van der Waals surface area contributed by atoms with Gasteiger partial charge in [0, 0.05) is 74.4 Å². The molecule has 6 heterocycles. The number of halogens is 1. The number of likely N-dealkylation sites (N-methyl/N-ethyl adjacent to an activating group) is 1. The van der Waals surface area contributed by atoms with Gasteiger partial charge in [-0.1, -0.05) is 34.1 Å². The molecular formula is C50H83B3BrN5O7. The summed E-state index contributed by atoms with van der Waals surface area (Å²) in [5, 5.41) is 0. The number of hydrogen-bond donors (Lipinski definition) is 2. The van der Waals surface area contributed by atoms with E-state index < -0.39 is 14.0 Å². The van der Waals surface area contributed by atoms with Crippen LogP contribution in [-0.4, -0.2) is 129 Å². The highest BCUT2D eigenvalue weighted by molar-refractivity contribution is 9.10. The summed E-state index contributed by atoms with van der Waals surface area (Å²) in [4.78, 5) is 17.3. The maximum absolute atomic E-state index is 10.6. The maximum atomic E-state index is 10.6. The number of hydrogen-bond acceptors (Lipinski definition) is 12. The van der Waals surface area contributed by atoms with Crippen molar-refractivity contribution in [3.05, 3.63) is 81.4 Å². The SMILES string of the molecule is CC1(C)OB(B2OC(C)(C)C(C)(C)O2)OC1(C)C.CN1CC=C(B2OC(C)(C)C(C)(C)O2)CC1.CN1CCC(=O)CC1.Cc1cc(N)cc(Br)c1.Cc1cc(N)cc(C2C=CN(C)CC2)c1. The van der Waals surface area contributed by atoms with Crippen molar-refractivity contribution in [3.63, 3.8) is 0 Å². The molecule has 1 unspecified atom stereocenters. The molecule has 0 radical (unpaired) electrons. The Morgan fingerprint density at radius 3 is 1.41 bits per heavy atom. The lowest BCUT2D eigenvalue weighted by molar-refractivity contribution is -0.121. The quantitative estimate of drug-likeness (QED) is 0.224. The normalized spacial score (nSPS) is 24.7. The van der Waals surface area contributed by atoms with Gasteiger partial charge in [-0.3, -0.25) is 4.79 Å². The minimum absolute atomic E-state index is 0.140. The summed E-state index contributed by atoms with van der Waals surface area (Å²) < 4.78 is 37.0. The summed E-state index contributed by atoms with van der Waals surface area (Å²) in [5.74, 6) is 0.950. The molecule has 16 heteroatoms. The number of nitrogens with zero attached hydrogens (tertiary/aromatic N) is 3. The van der Waals surface area contributed by atoms with Crippen LogP contribution in [0.25, 0.3) is 0 Å². The predicted molar refractivity (Wildman–Crippen MR) is 278 cm³/mol. The Kier molecular flexibility index (Phi) is 19.0. The molecule has 0 aliphatic carbocycles. The van der Waals surface area contributed by atoms with Crippen LogP contribution in [0.15, 0.2) is 64.7 Å². The van der Waals surface area contributed by atoms with Crippen LogP contribution in [0.1, 0.15) is 131 Å². The second-order valence-electron chi connectivity index (χ2n) is 21.9. The molecule has 12 nitrogen and oxygen atoms in total. The van der Waals surface area contributed by atoms with Crippen LogP contribution in [0.2, 0.25) is 0 Å². The lowest BCUT2D eigenvalue weighted by Crippen LogP contribution is -2.41. The van der Waals surface area contributed by atoms with Gasteiger partial charge in [0.05, 0.1) is 33.6 Å². The van der Waals surface area contributed by atoms with E-state index in [-0.39, 0.29) is 40.7 Å². The minimum Gasteiger partial charge on any atom is -0.405 e. The number of likely N-dealkylation sites (tertiary alicyclic amines) is 1. The minimum atomic E-state index is -0.476. The zero-order valence-electron chi connectivity index (χ0n) is 43.6. The van der Waals surface area contributed by atoms with Crippen molar-refractivity contribution in [2.45, 2.75) is 162 Å². The molecule has 0 amide bonds. The number of nitrogen functional groups attached to an aromatic ring is 2.